The number of hydrogen-bond acceptors (Lipinski definition) is 2. The molecule has 3 nitrogen and oxygen atoms in total. The normalized spacial score (nSPS) is 10.3. The Bertz CT molecular complexity index is 657. The van der Waals surface area contributed by atoms with Gasteiger partial charge in [0.15, 0.2) is 0 Å². The molecule has 2 N–H and O–H groups in total. The zero-order valence-electron chi connectivity index (χ0n) is 11.2. The molecule has 0 radical (unpaired) electrons. The van der Waals surface area contributed by atoms with Crippen LogP contribution >= 0.6 is 34.8 Å². The van der Waals surface area contributed by atoms with Crippen LogP contribution in [-0.2, 0) is 6.54 Å². The van der Waals surface area contributed by atoms with Crippen molar-refractivity contribution in [3.8, 4) is 0 Å². The minimum Gasteiger partial charge on any atom is -0.381 e. The average Bonchev–Trinajstić information content (AvgIpc) is 2.51. The highest BCUT2D eigenvalue weighted by Crippen LogP contribution is 2.31. The van der Waals surface area contributed by atoms with E-state index in [1.807, 2.05) is 12.1 Å². The summed E-state index contributed by atoms with van der Waals surface area (Å²) < 4.78 is 0. The molecule has 21 heavy (non-hydrogen) atoms. The molecular weight excluding hydrogens is 331 g/mol. The van der Waals surface area contributed by atoms with Gasteiger partial charge in [-0.1, -0.05) is 34.8 Å². The molecule has 0 fully saturated rings. The molecule has 0 spiro atoms. The third kappa shape index (κ3) is 3.82. The van der Waals surface area contributed by atoms with E-state index in [1.54, 1.807) is 31.3 Å². The number of rotatable bonds is 4. The van der Waals surface area contributed by atoms with Gasteiger partial charge in [-0.25, -0.2) is 0 Å². The molecule has 0 aliphatic heterocycles. The Morgan fingerprint density at radius 3 is 2.24 bits per heavy atom. The molecule has 0 aliphatic carbocycles. The fraction of sp³-hybridized carbons (Fsp3) is 0.133. The van der Waals surface area contributed by atoms with E-state index in [2.05, 4.69) is 10.6 Å². The van der Waals surface area contributed by atoms with E-state index in [1.165, 1.54) is 0 Å². The standard InChI is InChI=1S/C15H13Cl3N2O/c1-19-15(21)9-2-4-10(5-3-9)20-8-11-12(16)6-7-13(17)14(11)18/h2-7,20H,8H2,1H3,(H,19,21). The summed E-state index contributed by atoms with van der Waals surface area (Å²) >= 11 is 18.2. The van der Waals surface area contributed by atoms with Crippen molar-refractivity contribution >= 4 is 46.4 Å². The molecule has 0 saturated carbocycles. The number of hydrogen-bond donors (Lipinski definition) is 2. The number of carbonyl (C=O) groups excluding carboxylic acids is 1. The first-order valence-electron chi connectivity index (χ1n) is 6.21. The molecule has 2 aromatic carbocycles. The molecule has 0 aliphatic rings. The Morgan fingerprint density at radius 1 is 1.00 bits per heavy atom. The Labute approximate surface area is 138 Å². The predicted molar refractivity (Wildman–Crippen MR) is 88.6 cm³/mol. The smallest absolute Gasteiger partial charge is 0.251 e. The molecule has 0 bridgehead atoms. The molecule has 2 aromatic rings. The highest BCUT2D eigenvalue weighted by molar-refractivity contribution is 6.44. The molecule has 1 amide bonds. The van der Waals surface area contributed by atoms with Gasteiger partial charge in [0.2, 0.25) is 0 Å². The lowest BCUT2D eigenvalue weighted by molar-refractivity contribution is 0.0963. The van der Waals surface area contributed by atoms with Crippen LogP contribution in [0.4, 0.5) is 5.69 Å². The Balaban J connectivity index is 2.10. The summed E-state index contributed by atoms with van der Waals surface area (Å²) in [6, 6.07) is 10.5. The molecular formula is C15H13Cl3N2O. The maximum Gasteiger partial charge on any atom is 0.251 e. The molecule has 0 saturated heterocycles. The largest absolute Gasteiger partial charge is 0.381 e. The van der Waals surface area contributed by atoms with Crippen molar-refractivity contribution in [2.45, 2.75) is 6.54 Å². The van der Waals surface area contributed by atoms with Crippen LogP contribution in [0, 0.1) is 0 Å². The number of anilines is 1. The first kappa shape index (κ1) is 16.0. The molecule has 2 rings (SSSR count). The molecule has 110 valence electrons. The van der Waals surface area contributed by atoms with Gasteiger partial charge in [0.25, 0.3) is 5.91 Å². The SMILES string of the molecule is CNC(=O)c1ccc(NCc2c(Cl)ccc(Cl)c2Cl)cc1. The van der Waals surface area contributed by atoms with Gasteiger partial charge in [0.05, 0.1) is 10.0 Å². The maximum atomic E-state index is 11.4. The van der Waals surface area contributed by atoms with Crippen LogP contribution in [0.1, 0.15) is 15.9 Å². The lowest BCUT2D eigenvalue weighted by Gasteiger charge is -2.11. The fourth-order valence-electron chi connectivity index (χ4n) is 1.81. The quantitative estimate of drug-likeness (QED) is 0.795. The molecule has 0 unspecified atom stereocenters. The van der Waals surface area contributed by atoms with Crippen molar-refractivity contribution in [2.24, 2.45) is 0 Å². The second-order valence-electron chi connectivity index (χ2n) is 4.33. The summed E-state index contributed by atoms with van der Waals surface area (Å²) in [5, 5.41) is 7.23. The number of nitrogens with one attached hydrogen (secondary N) is 2. The van der Waals surface area contributed by atoms with E-state index in [4.69, 9.17) is 34.8 Å². The van der Waals surface area contributed by atoms with Gasteiger partial charge in [0, 0.05) is 35.4 Å². The fourth-order valence-corrected chi connectivity index (χ4v) is 2.49. The van der Waals surface area contributed by atoms with Crippen LogP contribution in [0.15, 0.2) is 36.4 Å². The van der Waals surface area contributed by atoms with Crippen molar-refractivity contribution in [2.75, 3.05) is 12.4 Å². The van der Waals surface area contributed by atoms with Crippen molar-refractivity contribution in [3.05, 3.63) is 62.6 Å². The van der Waals surface area contributed by atoms with Gasteiger partial charge in [-0.2, -0.15) is 0 Å². The first-order chi connectivity index (χ1) is 10.0. The van der Waals surface area contributed by atoms with Crippen LogP contribution in [0.25, 0.3) is 0 Å². The summed E-state index contributed by atoms with van der Waals surface area (Å²) in [4.78, 5) is 11.4. The van der Waals surface area contributed by atoms with E-state index < -0.39 is 0 Å². The monoisotopic (exact) mass is 342 g/mol. The van der Waals surface area contributed by atoms with Crippen molar-refractivity contribution < 1.29 is 4.79 Å². The van der Waals surface area contributed by atoms with E-state index >= 15 is 0 Å². The van der Waals surface area contributed by atoms with Gasteiger partial charge in [-0.15, -0.1) is 0 Å². The van der Waals surface area contributed by atoms with Gasteiger partial charge in [0.1, 0.15) is 0 Å². The topological polar surface area (TPSA) is 41.1 Å². The second kappa shape index (κ2) is 7.03. The Hall–Kier alpha value is -1.42. The van der Waals surface area contributed by atoms with Gasteiger partial charge >= 0.3 is 0 Å². The van der Waals surface area contributed by atoms with Crippen LogP contribution in [0.3, 0.4) is 0 Å². The van der Waals surface area contributed by atoms with Crippen molar-refractivity contribution in [1.29, 1.82) is 0 Å². The van der Waals surface area contributed by atoms with Gasteiger partial charge in [-0.3, -0.25) is 4.79 Å². The highest BCUT2D eigenvalue weighted by atomic mass is 35.5. The van der Waals surface area contributed by atoms with Crippen LogP contribution in [0.5, 0.6) is 0 Å². The van der Waals surface area contributed by atoms with Crippen molar-refractivity contribution in [1.82, 2.24) is 5.32 Å². The molecule has 0 atom stereocenters. The lowest BCUT2D eigenvalue weighted by atomic mass is 10.1. The third-order valence-electron chi connectivity index (χ3n) is 2.98. The minimum absolute atomic E-state index is 0.123. The van der Waals surface area contributed by atoms with E-state index in [0.29, 0.717) is 27.2 Å². The Morgan fingerprint density at radius 2 is 1.62 bits per heavy atom. The molecule has 6 heteroatoms. The van der Waals surface area contributed by atoms with Crippen LogP contribution in [-0.4, -0.2) is 13.0 Å². The average molecular weight is 344 g/mol. The highest BCUT2D eigenvalue weighted by Gasteiger charge is 2.09. The second-order valence-corrected chi connectivity index (χ2v) is 5.52. The van der Waals surface area contributed by atoms with Crippen molar-refractivity contribution in [3.63, 3.8) is 0 Å². The van der Waals surface area contributed by atoms with E-state index in [9.17, 15) is 4.79 Å². The van der Waals surface area contributed by atoms with Crippen LogP contribution in [0.2, 0.25) is 15.1 Å². The maximum absolute atomic E-state index is 11.4. The molecule has 0 heterocycles. The number of halogens is 3. The first-order valence-corrected chi connectivity index (χ1v) is 7.34. The minimum atomic E-state index is -0.123. The predicted octanol–water partition coefficient (Wildman–Crippen LogP) is 4.62. The summed E-state index contributed by atoms with van der Waals surface area (Å²) in [6.07, 6.45) is 0. The van der Waals surface area contributed by atoms with Gasteiger partial charge < -0.3 is 10.6 Å². The number of amides is 1. The van der Waals surface area contributed by atoms with E-state index in [0.717, 1.165) is 11.3 Å². The van der Waals surface area contributed by atoms with Gasteiger partial charge in [-0.05, 0) is 36.4 Å². The number of carbonyl (C=O) groups is 1. The lowest BCUT2D eigenvalue weighted by Crippen LogP contribution is -2.17. The summed E-state index contributed by atoms with van der Waals surface area (Å²) in [5.41, 5.74) is 2.19. The summed E-state index contributed by atoms with van der Waals surface area (Å²) in [7, 11) is 1.59. The summed E-state index contributed by atoms with van der Waals surface area (Å²) in [5.74, 6) is -0.123. The van der Waals surface area contributed by atoms with Crippen LogP contribution < -0.4 is 10.6 Å². The molecule has 0 aromatic heterocycles. The van der Waals surface area contributed by atoms with E-state index in [-0.39, 0.29) is 5.91 Å². The third-order valence-corrected chi connectivity index (χ3v) is 4.18. The zero-order chi connectivity index (χ0) is 15.4. The Kier molecular flexibility index (Phi) is 5.34. The summed E-state index contributed by atoms with van der Waals surface area (Å²) in [6.45, 7) is 0.442. The number of benzene rings is 2. The zero-order valence-corrected chi connectivity index (χ0v) is 13.5.